The van der Waals surface area contributed by atoms with Crippen LogP contribution in [0.1, 0.15) is 17.2 Å². The van der Waals surface area contributed by atoms with E-state index in [0.717, 1.165) is 31.7 Å². The molecule has 0 aromatic heterocycles. The molecule has 0 amide bonds. The number of nitriles is 1. The van der Waals surface area contributed by atoms with Gasteiger partial charge in [0.2, 0.25) is 0 Å². The molecular weight excluding hydrogens is 305 g/mol. The van der Waals surface area contributed by atoms with Gasteiger partial charge in [-0.1, -0.05) is 30.3 Å². The Bertz CT molecular complexity index is 705. The van der Waals surface area contributed by atoms with E-state index >= 15 is 0 Å². The van der Waals surface area contributed by atoms with Gasteiger partial charge in [-0.2, -0.15) is 5.26 Å². The van der Waals surface area contributed by atoms with Crippen molar-refractivity contribution < 1.29 is 9.13 Å². The zero-order valence-electron chi connectivity index (χ0n) is 13.4. The van der Waals surface area contributed by atoms with Gasteiger partial charge in [0.25, 0.3) is 0 Å². The van der Waals surface area contributed by atoms with Crippen molar-refractivity contribution in [3.63, 3.8) is 0 Å². The molecule has 124 valence electrons. The van der Waals surface area contributed by atoms with Gasteiger partial charge < -0.3 is 10.1 Å². The zero-order chi connectivity index (χ0) is 16.8. The van der Waals surface area contributed by atoms with Crippen molar-refractivity contribution in [3.8, 4) is 11.8 Å². The van der Waals surface area contributed by atoms with Gasteiger partial charge in [-0.3, -0.25) is 4.90 Å². The van der Waals surface area contributed by atoms with Crippen LogP contribution < -0.4 is 10.1 Å². The molecule has 0 saturated carbocycles. The maximum atomic E-state index is 13.6. The molecule has 1 atom stereocenters. The predicted molar refractivity (Wildman–Crippen MR) is 90.0 cm³/mol. The van der Waals surface area contributed by atoms with E-state index in [1.807, 2.05) is 24.3 Å². The van der Waals surface area contributed by atoms with Gasteiger partial charge in [0.1, 0.15) is 24.2 Å². The van der Waals surface area contributed by atoms with Crippen LogP contribution in [-0.2, 0) is 6.61 Å². The second-order valence-electron chi connectivity index (χ2n) is 5.77. The lowest BCUT2D eigenvalue weighted by Crippen LogP contribution is -2.44. The topological polar surface area (TPSA) is 48.3 Å². The Morgan fingerprint density at radius 2 is 1.83 bits per heavy atom. The second-order valence-corrected chi connectivity index (χ2v) is 5.77. The molecule has 1 N–H and O–H groups in total. The van der Waals surface area contributed by atoms with Crippen LogP contribution in [0.4, 0.5) is 4.39 Å². The van der Waals surface area contributed by atoms with Crippen LogP contribution >= 0.6 is 0 Å². The fourth-order valence-electron chi connectivity index (χ4n) is 2.83. The minimum absolute atomic E-state index is 0.186. The largest absolute Gasteiger partial charge is 0.489 e. The number of nitrogens with zero attached hydrogens (tertiary/aromatic N) is 2. The molecule has 1 saturated heterocycles. The first-order chi connectivity index (χ1) is 11.8. The van der Waals surface area contributed by atoms with E-state index < -0.39 is 0 Å². The maximum absolute atomic E-state index is 13.6. The van der Waals surface area contributed by atoms with Crippen LogP contribution in [0.15, 0.2) is 48.5 Å². The van der Waals surface area contributed by atoms with Gasteiger partial charge in [-0.05, 0) is 23.8 Å². The van der Waals surface area contributed by atoms with Crippen LogP contribution in [-0.4, -0.2) is 31.1 Å². The molecule has 0 aliphatic carbocycles. The van der Waals surface area contributed by atoms with E-state index in [1.54, 1.807) is 18.2 Å². The quantitative estimate of drug-likeness (QED) is 0.918. The van der Waals surface area contributed by atoms with Crippen molar-refractivity contribution in [2.45, 2.75) is 12.6 Å². The van der Waals surface area contributed by atoms with Crippen LogP contribution in [0.3, 0.4) is 0 Å². The third-order valence-electron chi connectivity index (χ3n) is 4.19. The van der Waals surface area contributed by atoms with E-state index in [0.29, 0.717) is 11.3 Å². The number of hydrogen-bond donors (Lipinski definition) is 1. The lowest BCUT2D eigenvalue weighted by molar-refractivity contribution is 0.207. The third-order valence-corrected chi connectivity index (χ3v) is 4.19. The molecule has 1 aliphatic heterocycles. The zero-order valence-corrected chi connectivity index (χ0v) is 13.4. The maximum Gasteiger partial charge on any atom is 0.129 e. The van der Waals surface area contributed by atoms with Crippen LogP contribution in [0.5, 0.6) is 5.75 Å². The molecule has 5 heteroatoms. The van der Waals surface area contributed by atoms with Gasteiger partial charge in [0, 0.05) is 31.7 Å². The van der Waals surface area contributed by atoms with E-state index in [4.69, 9.17) is 4.74 Å². The summed E-state index contributed by atoms with van der Waals surface area (Å²) >= 11 is 0. The summed E-state index contributed by atoms with van der Waals surface area (Å²) in [5, 5.41) is 12.8. The lowest BCUT2D eigenvalue weighted by atomic mass is 10.1. The Kier molecular flexibility index (Phi) is 5.42. The van der Waals surface area contributed by atoms with E-state index in [1.165, 1.54) is 6.07 Å². The van der Waals surface area contributed by atoms with Crippen molar-refractivity contribution in [3.05, 3.63) is 65.5 Å². The molecule has 3 rings (SSSR count). The summed E-state index contributed by atoms with van der Waals surface area (Å²) in [6, 6.07) is 16.2. The first kappa shape index (κ1) is 16.4. The highest BCUT2D eigenvalue weighted by molar-refractivity contribution is 5.32. The van der Waals surface area contributed by atoms with E-state index in [2.05, 4.69) is 16.3 Å². The predicted octanol–water partition coefficient (Wildman–Crippen LogP) is 2.87. The fraction of sp³-hybridized carbons (Fsp3) is 0.316. The van der Waals surface area contributed by atoms with Crippen molar-refractivity contribution in [1.82, 2.24) is 10.2 Å². The van der Waals surface area contributed by atoms with Gasteiger partial charge in [-0.25, -0.2) is 4.39 Å². The summed E-state index contributed by atoms with van der Waals surface area (Å²) in [4.78, 5) is 2.17. The fourth-order valence-corrected chi connectivity index (χ4v) is 2.83. The van der Waals surface area contributed by atoms with Gasteiger partial charge >= 0.3 is 0 Å². The molecule has 2 aromatic rings. The first-order valence-corrected chi connectivity index (χ1v) is 8.08. The minimum atomic E-state index is -0.266. The summed E-state index contributed by atoms with van der Waals surface area (Å²) in [5.41, 5.74) is 1.48. The highest BCUT2D eigenvalue weighted by Crippen LogP contribution is 2.23. The third kappa shape index (κ3) is 3.91. The van der Waals surface area contributed by atoms with Crippen LogP contribution in [0.25, 0.3) is 0 Å². The molecule has 0 spiro atoms. The first-order valence-electron chi connectivity index (χ1n) is 8.08. The molecule has 2 aromatic carbocycles. The van der Waals surface area contributed by atoms with Crippen LogP contribution in [0, 0.1) is 17.1 Å². The smallest absolute Gasteiger partial charge is 0.129 e. The number of ether oxygens (including phenoxy) is 1. The number of hydrogen-bond acceptors (Lipinski definition) is 4. The van der Waals surface area contributed by atoms with E-state index in [-0.39, 0.29) is 18.5 Å². The van der Waals surface area contributed by atoms with Crippen molar-refractivity contribution in [2.75, 3.05) is 26.2 Å². The number of rotatable bonds is 5. The summed E-state index contributed by atoms with van der Waals surface area (Å²) in [5.74, 6) is 0.399. The van der Waals surface area contributed by atoms with Crippen molar-refractivity contribution in [2.24, 2.45) is 0 Å². The lowest BCUT2D eigenvalue weighted by Gasteiger charge is -2.31. The van der Waals surface area contributed by atoms with Crippen LogP contribution in [0.2, 0.25) is 0 Å². The van der Waals surface area contributed by atoms with Gasteiger partial charge in [-0.15, -0.1) is 0 Å². The number of nitrogens with one attached hydrogen (secondary N) is 1. The normalized spacial score (nSPS) is 16.3. The molecule has 0 radical (unpaired) electrons. The second kappa shape index (κ2) is 7.91. The summed E-state index contributed by atoms with van der Waals surface area (Å²) < 4.78 is 19.2. The Hall–Kier alpha value is -2.42. The standard InChI is InChI=1S/C19H20FN3O/c20-18-4-2-1-3-16(18)14-24-17-7-5-15(6-8-17)19(13-21)23-11-9-22-10-12-23/h1-8,19,22H,9-12,14H2. The van der Waals surface area contributed by atoms with E-state index in [9.17, 15) is 9.65 Å². The monoisotopic (exact) mass is 325 g/mol. The summed E-state index contributed by atoms with van der Waals surface area (Å²) in [7, 11) is 0. The van der Waals surface area contributed by atoms with Gasteiger partial charge in [0.05, 0.1) is 6.07 Å². The number of piperazine rings is 1. The van der Waals surface area contributed by atoms with Crippen molar-refractivity contribution in [1.29, 1.82) is 5.26 Å². The Labute approximate surface area is 141 Å². The highest BCUT2D eigenvalue weighted by atomic mass is 19.1. The number of benzene rings is 2. The average molecular weight is 325 g/mol. The SMILES string of the molecule is N#CC(c1ccc(OCc2ccccc2F)cc1)N1CCNCC1. The Morgan fingerprint density at radius 3 is 2.50 bits per heavy atom. The molecule has 1 aliphatic rings. The Balaban J connectivity index is 1.64. The minimum Gasteiger partial charge on any atom is -0.489 e. The molecular formula is C19H20FN3O. The van der Waals surface area contributed by atoms with Crippen molar-refractivity contribution >= 4 is 0 Å². The number of halogens is 1. The van der Waals surface area contributed by atoms with Gasteiger partial charge in [0.15, 0.2) is 0 Å². The molecule has 1 unspecified atom stereocenters. The molecule has 1 fully saturated rings. The Morgan fingerprint density at radius 1 is 1.12 bits per heavy atom. The summed E-state index contributed by atoms with van der Waals surface area (Å²) in [6.07, 6.45) is 0. The molecule has 24 heavy (non-hydrogen) atoms. The molecule has 1 heterocycles. The summed E-state index contributed by atoms with van der Waals surface area (Å²) in [6.45, 7) is 3.73. The molecule has 0 bridgehead atoms. The average Bonchev–Trinajstić information content (AvgIpc) is 2.64. The molecule has 4 nitrogen and oxygen atoms in total. The highest BCUT2D eigenvalue weighted by Gasteiger charge is 2.21.